The Kier molecular flexibility index (Phi) is 4.86. The topological polar surface area (TPSA) is 29.1 Å². The molecule has 2 heterocycles. The molecule has 1 aromatic rings. The lowest BCUT2D eigenvalue weighted by atomic mass is 9.78. The molecule has 1 aromatic heterocycles. The van der Waals surface area contributed by atoms with Crippen LogP contribution in [0.5, 0.6) is 0 Å². The van der Waals surface area contributed by atoms with Gasteiger partial charge in [0.15, 0.2) is 0 Å². The largest absolute Gasteiger partial charge is 1.00 e. The summed E-state index contributed by atoms with van der Waals surface area (Å²) < 4.78 is 3.64. The van der Waals surface area contributed by atoms with Crippen molar-refractivity contribution in [3.8, 4) is 0 Å². The molecular weight excluding hydrogens is 353 g/mol. The van der Waals surface area contributed by atoms with E-state index in [0.29, 0.717) is 6.04 Å². The van der Waals surface area contributed by atoms with Gasteiger partial charge in [-0.15, -0.1) is 0 Å². The summed E-state index contributed by atoms with van der Waals surface area (Å²) in [5.74, 6) is 0.751. The van der Waals surface area contributed by atoms with Crippen molar-refractivity contribution >= 4 is 6.03 Å². The van der Waals surface area contributed by atoms with Gasteiger partial charge in [0.05, 0.1) is 7.05 Å². The van der Waals surface area contributed by atoms with Crippen molar-refractivity contribution in [1.29, 1.82) is 0 Å². The quantitative estimate of drug-likeness (QED) is 0.420. The van der Waals surface area contributed by atoms with E-state index in [1.54, 1.807) is 4.57 Å². The van der Waals surface area contributed by atoms with Crippen LogP contribution in [0.3, 0.4) is 0 Å². The van der Waals surface area contributed by atoms with Crippen molar-refractivity contribution in [3.63, 3.8) is 0 Å². The zero-order valence-electron chi connectivity index (χ0n) is 11.5. The van der Waals surface area contributed by atoms with Gasteiger partial charge < -0.3 is 28.9 Å². The molecule has 1 saturated carbocycles. The number of nitrogens with zero attached hydrogens (tertiary/aromatic N) is 3. The first-order chi connectivity index (χ1) is 8.75. The molecule has 2 atom stereocenters. The first-order valence-corrected chi connectivity index (χ1v) is 7.10. The Hall–Kier alpha value is -0.590. The molecule has 0 radical (unpaired) electrons. The number of carbonyl (C=O) groups is 1. The second kappa shape index (κ2) is 6.24. The maximum Gasteiger partial charge on any atom is 0.416 e. The molecule has 4 nitrogen and oxygen atoms in total. The number of aryl methyl sites for hydroxylation is 1. The summed E-state index contributed by atoms with van der Waals surface area (Å²) in [5, 5.41) is 0. The second-order valence-corrected chi connectivity index (χ2v) is 5.72. The molecule has 3 rings (SSSR count). The number of aromatic nitrogens is 2. The van der Waals surface area contributed by atoms with E-state index in [9.17, 15) is 4.79 Å². The predicted molar refractivity (Wildman–Crippen MR) is 68.1 cm³/mol. The number of carbonyl (C=O) groups excluding carboxylic acids is 1. The molecule has 1 aliphatic heterocycles. The third-order valence-electron chi connectivity index (χ3n) is 4.48. The number of hydrogen-bond acceptors (Lipinski definition) is 1. The number of piperidine rings is 1. The number of rotatable bonds is 0. The number of fused-ring (bicyclic) bond motifs is 1. The highest BCUT2D eigenvalue weighted by Gasteiger charge is 2.37. The molecule has 0 aromatic carbocycles. The molecule has 0 spiro atoms. The van der Waals surface area contributed by atoms with Gasteiger partial charge in [0.2, 0.25) is 0 Å². The lowest BCUT2D eigenvalue weighted by Gasteiger charge is -2.42. The summed E-state index contributed by atoms with van der Waals surface area (Å²) in [7, 11) is 1.95. The zero-order valence-corrected chi connectivity index (χ0v) is 13.6. The standard InChI is InChI=1S/C14H22N3O.HI/c1-15-9-10-16(11-15)14(18)17-8-4-6-12-5-2-3-7-13(12)17;/h9-13H,2-8H2,1H3;1H/q+1;/p-1/t12-,13-;/m1./s1. The van der Waals surface area contributed by atoms with Gasteiger partial charge in [-0.25, -0.2) is 9.36 Å². The van der Waals surface area contributed by atoms with Gasteiger partial charge in [-0.3, -0.25) is 0 Å². The summed E-state index contributed by atoms with van der Waals surface area (Å²) in [4.78, 5) is 14.7. The summed E-state index contributed by atoms with van der Waals surface area (Å²) in [6.45, 7) is 0.932. The van der Waals surface area contributed by atoms with E-state index in [2.05, 4.69) is 4.90 Å². The van der Waals surface area contributed by atoms with E-state index < -0.39 is 0 Å². The third-order valence-corrected chi connectivity index (χ3v) is 4.48. The molecule has 0 N–H and O–H groups in total. The smallest absolute Gasteiger partial charge is 0.416 e. The molecule has 1 amide bonds. The molecule has 2 aliphatic rings. The molecule has 2 fully saturated rings. The Bertz CT molecular complexity index is 444. The number of halogens is 1. The van der Waals surface area contributed by atoms with Gasteiger partial charge in [-0.1, -0.05) is 12.8 Å². The maximum absolute atomic E-state index is 12.5. The zero-order chi connectivity index (χ0) is 12.5. The van der Waals surface area contributed by atoms with Crippen LogP contribution >= 0.6 is 0 Å². The number of imidazole rings is 1. The van der Waals surface area contributed by atoms with Crippen molar-refractivity contribution < 1.29 is 33.3 Å². The fraction of sp³-hybridized carbons (Fsp3) is 0.714. The average Bonchev–Trinajstić information content (AvgIpc) is 2.84. The van der Waals surface area contributed by atoms with Crippen LogP contribution in [0.15, 0.2) is 18.7 Å². The average molecular weight is 375 g/mol. The number of likely N-dealkylation sites (tertiary alicyclic amines) is 1. The summed E-state index contributed by atoms with van der Waals surface area (Å²) in [6, 6.07) is 0.653. The Morgan fingerprint density at radius 1 is 1.21 bits per heavy atom. The number of amides is 1. The summed E-state index contributed by atoms with van der Waals surface area (Å²) in [6.07, 6.45) is 13.3. The van der Waals surface area contributed by atoms with Crippen LogP contribution in [0.1, 0.15) is 38.5 Å². The molecule has 106 valence electrons. The summed E-state index contributed by atoms with van der Waals surface area (Å²) >= 11 is 0. The van der Waals surface area contributed by atoms with Crippen LogP contribution in [-0.4, -0.2) is 28.1 Å². The highest BCUT2D eigenvalue weighted by molar-refractivity contribution is 5.77. The molecule has 19 heavy (non-hydrogen) atoms. The molecule has 1 aliphatic carbocycles. The van der Waals surface area contributed by atoms with E-state index in [0.717, 1.165) is 12.5 Å². The van der Waals surface area contributed by atoms with Crippen LogP contribution in [-0.2, 0) is 7.05 Å². The summed E-state index contributed by atoms with van der Waals surface area (Å²) in [5.41, 5.74) is 0. The Labute approximate surface area is 131 Å². The Morgan fingerprint density at radius 3 is 2.68 bits per heavy atom. The minimum Gasteiger partial charge on any atom is -1.00 e. The fourth-order valence-corrected chi connectivity index (χ4v) is 3.57. The van der Waals surface area contributed by atoms with Gasteiger partial charge in [-0.2, -0.15) is 4.57 Å². The minimum atomic E-state index is 0. The van der Waals surface area contributed by atoms with Gasteiger partial charge in [0, 0.05) is 12.6 Å². The van der Waals surface area contributed by atoms with Crippen molar-refractivity contribution in [3.05, 3.63) is 18.7 Å². The molecule has 5 heteroatoms. The highest BCUT2D eigenvalue weighted by atomic mass is 127. The van der Waals surface area contributed by atoms with Crippen molar-refractivity contribution in [1.82, 2.24) is 9.47 Å². The van der Waals surface area contributed by atoms with Gasteiger partial charge >= 0.3 is 6.03 Å². The lowest BCUT2D eigenvalue weighted by Crippen LogP contribution is -3.00. The molecular formula is C14H22IN3O. The van der Waals surface area contributed by atoms with E-state index in [1.807, 2.05) is 30.3 Å². The van der Waals surface area contributed by atoms with Crippen molar-refractivity contribution in [2.24, 2.45) is 13.0 Å². The van der Waals surface area contributed by atoms with Crippen LogP contribution in [0.4, 0.5) is 4.79 Å². The minimum absolute atomic E-state index is 0. The molecule has 0 bridgehead atoms. The predicted octanol–water partition coefficient (Wildman–Crippen LogP) is -1.06. The van der Waals surface area contributed by atoms with Crippen LogP contribution in [0.2, 0.25) is 0 Å². The first kappa shape index (κ1) is 14.8. The molecule has 1 saturated heterocycles. The SMILES string of the molecule is C[n+]1ccn(C(=O)N2CCC[C@H]3CCCC[C@H]32)c1.[I-]. The second-order valence-electron chi connectivity index (χ2n) is 5.72. The van der Waals surface area contributed by atoms with Crippen LogP contribution in [0.25, 0.3) is 0 Å². The lowest BCUT2D eigenvalue weighted by molar-refractivity contribution is -0.670. The fourth-order valence-electron chi connectivity index (χ4n) is 3.57. The van der Waals surface area contributed by atoms with E-state index in [-0.39, 0.29) is 30.0 Å². The van der Waals surface area contributed by atoms with Gasteiger partial charge in [0.1, 0.15) is 12.4 Å². The van der Waals surface area contributed by atoms with E-state index >= 15 is 0 Å². The van der Waals surface area contributed by atoms with Crippen molar-refractivity contribution in [2.45, 2.75) is 44.6 Å². The van der Waals surface area contributed by atoms with E-state index in [1.165, 1.54) is 38.5 Å². The van der Waals surface area contributed by atoms with Crippen LogP contribution in [0, 0.1) is 5.92 Å². The Morgan fingerprint density at radius 2 is 1.95 bits per heavy atom. The molecule has 0 unspecified atom stereocenters. The normalized spacial score (nSPS) is 26.5. The van der Waals surface area contributed by atoms with Crippen molar-refractivity contribution in [2.75, 3.05) is 6.54 Å². The Balaban J connectivity index is 0.00000133. The monoisotopic (exact) mass is 375 g/mol. The third kappa shape index (κ3) is 2.95. The van der Waals surface area contributed by atoms with Gasteiger partial charge in [0.25, 0.3) is 6.33 Å². The van der Waals surface area contributed by atoms with Crippen LogP contribution < -0.4 is 28.5 Å². The maximum atomic E-state index is 12.5. The van der Waals surface area contributed by atoms with E-state index in [4.69, 9.17) is 0 Å². The first-order valence-electron chi connectivity index (χ1n) is 7.10. The highest BCUT2D eigenvalue weighted by Crippen LogP contribution is 2.35. The number of hydrogen-bond donors (Lipinski definition) is 0. The van der Waals surface area contributed by atoms with Gasteiger partial charge in [-0.05, 0) is 31.6 Å².